The van der Waals surface area contributed by atoms with Crippen LogP contribution in [0.15, 0.2) is 0 Å². The van der Waals surface area contributed by atoms with Crippen molar-refractivity contribution in [2.24, 2.45) is 11.3 Å². The van der Waals surface area contributed by atoms with Crippen LogP contribution in [0, 0.1) is 11.3 Å². The molecule has 2 heteroatoms. The van der Waals surface area contributed by atoms with Gasteiger partial charge in [0.05, 0.1) is 0 Å². The van der Waals surface area contributed by atoms with E-state index < -0.39 is 0 Å². The Kier molecular flexibility index (Phi) is 3.12. The van der Waals surface area contributed by atoms with Gasteiger partial charge in [-0.2, -0.15) is 0 Å². The van der Waals surface area contributed by atoms with Crippen molar-refractivity contribution in [2.75, 3.05) is 6.61 Å². The second-order valence-corrected chi connectivity index (χ2v) is 4.88. The molecule has 0 aromatic carbocycles. The maximum Gasteiger partial charge on any atom is 0.165 e. The molecule has 0 spiro atoms. The smallest absolute Gasteiger partial charge is 0.165 e. The summed E-state index contributed by atoms with van der Waals surface area (Å²) in [5.41, 5.74) is -0.0598. The first-order valence-electron chi connectivity index (χ1n) is 5.12. The number of hydrogen-bond donors (Lipinski definition) is 0. The molecular weight excluding hydrogens is 164 g/mol. The molecule has 0 aliphatic heterocycles. The largest absolute Gasteiger partial charge is 0.370 e. The maximum absolute atomic E-state index is 11.8. The molecule has 76 valence electrons. The minimum atomic E-state index is -0.204. The second kappa shape index (κ2) is 3.79. The van der Waals surface area contributed by atoms with Gasteiger partial charge in [0.1, 0.15) is 6.10 Å². The van der Waals surface area contributed by atoms with E-state index in [9.17, 15) is 4.79 Å². The molecule has 0 radical (unpaired) electrons. The third-order valence-corrected chi connectivity index (χ3v) is 2.36. The van der Waals surface area contributed by atoms with Crippen molar-refractivity contribution in [1.29, 1.82) is 0 Å². The summed E-state index contributed by atoms with van der Waals surface area (Å²) in [4.78, 5) is 11.8. The summed E-state index contributed by atoms with van der Waals surface area (Å²) in [5.74, 6) is 0.616. The third-order valence-electron chi connectivity index (χ3n) is 2.36. The Bertz CT molecular complexity index is 187. The van der Waals surface area contributed by atoms with Gasteiger partial charge in [-0.05, 0) is 25.2 Å². The average Bonchev–Trinajstić information content (AvgIpc) is 2.78. The first-order chi connectivity index (χ1) is 5.96. The van der Waals surface area contributed by atoms with E-state index in [-0.39, 0.29) is 11.5 Å². The summed E-state index contributed by atoms with van der Waals surface area (Å²) in [7, 11) is 0. The van der Waals surface area contributed by atoms with Gasteiger partial charge in [-0.15, -0.1) is 0 Å². The zero-order valence-electron chi connectivity index (χ0n) is 9.09. The van der Waals surface area contributed by atoms with Crippen LogP contribution in [0.25, 0.3) is 0 Å². The van der Waals surface area contributed by atoms with Crippen molar-refractivity contribution < 1.29 is 9.53 Å². The number of Topliss-reactive ketones (excluding diaryl/α,β-unsaturated/α-hetero) is 1. The monoisotopic (exact) mass is 184 g/mol. The fraction of sp³-hybridized carbons (Fsp3) is 0.909. The van der Waals surface area contributed by atoms with Gasteiger partial charge in [-0.3, -0.25) is 4.79 Å². The molecule has 0 amide bonds. The Morgan fingerprint density at radius 2 is 2.00 bits per heavy atom. The summed E-state index contributed by atoms with van der Waals surface area (Å²) in [6, 6.07) is 0. The molecule has 0 saturated heterocycles. The lowest BCUT2D eigenvalue weighted by molar-refractivity contribution is -0.138. The molecule has 1 atom stereocenters. The molecule has 0 aromatic heterocycles. The fourth-order valence-electron chi connectivity index (χ4n) is 1.51. The summed E-state index contributed by atoms with van der Waals surface area (Å²) in [6.45, 7) is 8.76. The van der Waals surface area contributed by atoms with Crippen LogP contribution >= 0.6 is 0 Å². The molecular formula is C11H20O2. The number of carbonyl (C=O) groups excluding carboxylic acids is 1. The predicted octanol–water partition coefficient (Wildman–Crippen LogP) is 2.42. The first kappa shape index (κ1) is 10.7. The number of ether oxygens (including phenoxy) is 1. The maximum atomic E-state index is 11.8. The van der Waals surface area contributed by atoms with Crippen LogP contribution in [0.2, 0.25) is 0 Å². The Hall–Kier alpha value is -0.370. The van der Waals surface area contributed by atoms with Gasteiger partial charge in [0.2, 0.25) is 0 Å². The van der Waals surface area contributed by atoms with Gasteiger partial charge in [-0.1, -0.05) is 20.8 Å². The molecule has 0 bridgehead atoms. The van der Waals surface area contributed by atoms with Crippen LogP contribution in [-0.4, -0.2) is 18.5 Å². The van der Waals surface area contributed by atoms with E-state index in [1.54, 1.807) is 0 Å². The van der Waals surface area contributed by atoms with Gasteiger partial charge < -0.3 is 4.74 Å². The molecule has 13 heavy (non-hydrogen) atoms. The number of ketones is 1. The van der Waals surface area contributed by atoms with Gasteiger partial charge in [0.15, 0.2) is 5.78 Å². The standard InChI is InChI=1S/C11H20O2/c1-5-13-10(11(2,3)4)9(12)8-6-7-8/h8,10H,5-7H2,1-4H3. The predicted molar refractivity (Wildman–Crippen MR) is 52.6 cm³/mol. The van der Waals surface area contributed by atoms with Crippen LogP contribution in [0.5, 0.6) is 0 Å². The molecule has 0 N–H and O–H groups in total. The van der Waals surface area contributed by atoms with Crippen molar-refractivity contribution in [3.63, 3.8) is 0 Å². The summed E-state index contributed by atoms with van der Waals surface area (Å²) >= 11 is 0. The zero-order chi connectivity index (χ0) is 10.1. The summed E-state index contributed by atoms with van der Waals surface area (Å²) in [5, 5.41) is 0. The van der Waals surface area contributed by atoms with Crippen molar-refractivity contribution in [3.05, 3.63) is 0 Å². The molecule has 2 nitrogen and oxygen atoms in total. The summed E-state index contributed by atoms with van der Waals surface area (Å²) < 4.78 is 5.52. The Labute approximate surface area is 80.7 Å². The highest BCUT2D eigenvalue weighted by molar-refractivity contribution is 5.88. The van der Waals surface area contributed by atoms with Crippen LogP contribution < -0.4 is 0 Å². The van der Waals surface area contributed by atoms with E-state index in [1.807, 2.05) is 6.92 Å². The minimum Gasteiger partial charge on any atom is -0.370 e. The molecule has 0 heterocycles. The highest BCUT2D eigenvalue weighted by Crippen LogP contribution is 2.36. The van der Waals surface area contributed by atoms with Gasteiger partial charge in [-0.25, -0.2) is 0 Å². The van der Waals surface area contributed by atoms with Crippen LogP contribution in [0.3, 0.4) is 0 Å². The van der Waals surface area contributed by atoms with E-state index in [2.05, 4.69) is 20.8 Å². The van der Waals surface area contributed by atoms with E-state index in [0.717, 1.165) is 12.8 Å². The van der Waals surface area contributed by atoms with Crippen molar-refractivity contribution in [3.8, 4) is 0 Å². The summed E-state index contributed by atoms with van der Waals surface area (Å²) in [6.07, 6.45) is 1.93. The topological polar surface area (TPSA) is 26.3 Å². The highest BCUT2D eigenvalue weighted by atomic mass is 16.5. The average molecular weight is 184 g/mol. The molecule has 1 saturated carbocycles. The molecule has 1 aliphatic carbocycles. The number of rotatable bonds is 4. The van der Waals surface area contributed by atoms with Crippen LogP contribution in [0.1, 0.15) is 40.5 Å². The Balaban J connectivity index is 2.60. The second-order valence-electron chi connectivity index (χ2n) is 4.88. The number of hydrogen-bond acceptors (Lipinski definition) is 2. The minimum absolute atomic E-state index is 0.0598. The molecule has 1 unspecified atom stereocenters. The molecule has 1 rings (SSSR count). The van der Waals surface area contributed by atoms with Gasteiger partial charge >= 0.3 is 0 Å². The van der Waals surface area contributed by atoms with Gasteiger partial charge in [0, 0.05) is 12.5 Å². The van der Waals surface area contributed by atoms with E-state index >= 15 is 0 Å². The lowest BCUT2D eigenvalue weighted by Crippen LogP contribution is -2.38. The van der Waals surface area contributed by atoms with Crippen molar-refractivity contribution in [1.82, 2.24) is 0 Å². The SMILES string of the molecule is CCOC(C(=O)C1CC1)C(C)(C)C. The molecule has 1 aliphatic rings. The Morgan fingerprint density at radius 1 is 1.46 bits per heavy atom. The Morgan fingerprint density at radius 3 is 2.31 bits per heavy atom. The molecule has 1 fully saturated rings. The van der Waals surface area contributed by atoms with Crippen molar-refractivity contribution in [2.45, 2.75) is 46.6 Å². The highest BCUT2D eigenvalue weighted by Gasteiger charge is 2.40. The first-order valence-corrected chi connectivity index (χ1v) is 5.12. The normalized spacial score (nSPS) is 20.0. The van der Waals surface area contributed by atoms with Crippen LogP contribution in [-0.2, 0) is 9.53 Å². The fourth-order valence-corrected chi connectivity index (χ4v) is 1.51. The quantitative estimate of drug-likeness (QED) is 0.670. The molecule has 0 aromatic rings. The lowest BCUT2D eigenvalue weighted by Gasteiger charge is -2.29. The third kappa shape index (κ3) is 2.80. The van der Waals surface area contributed by atoms with Crippen molar-refractivity contribution >= 4 is 5.78 Å². The zero-order valence-corrected chi connectivity index (χ0v) is 9.09. The number of carbonyl (C=O) groups is 1. The van der Waals surface area contributed by atoms with E-state index in [1.165, 1.54) is 0 Å². The van der Waals surface area contributed by atoms with Crippen LogP contribution in [0.4, 0.5) is 0 Å². The van der Waals surface area contributed by atoms with E-state index in [0.29, 0.717) is 18.3 Å². The van der Waals surface area contributed by atoms with Gasteiger partial charge in [0.25, 0.3) is 0 Å². The van der Waals surface area contributed by atoms with E-state index in [4.69, 9.17) is 4.74 Å². The lowest BCUT2D eigenvalue weighted by atomic mass is 9.85.